The molecule has 0 heterocycles. The molecule has 5 nitrogen and oxygen atoms in total. The molecular weight excluding hydrogens is 392 g/mol. The molecule has 0 unspecified atom stereocenters. The molecule has 0 bridgehead atoms. The van der Waals surface area contributed by atoms with Crippen LogP contribution in [0.1, 0.15) is 11.1 Å². The van der Waals surface area contributed by atoms with Crippen molar-refractivity contribution in [2.24, 2.45) is 0 Å². The quantitative estimate of drug-likeness (QED) is 0.349. The molecule has 0 aliphatic carbocycles. The lowest BCUT2D eigenvalue weighted by Gasteiger charge is -2.14. The highest BCUT2D eigenvalue weighted by Gasteiger charge is 2.08. The maximum atomic E-state index is 9.43. The van der Waals surface area contributed by atoms with Gasteiger partial charge >= 0.3 is 0 Å². The summed E-state index contributed by atoms with van der Waals surface area (Å²) in [5, 5.41) is 18.9. The van der Waals surface area contributed by atoms with Crippen LogP contribution in [0.2, 0.25) is 0 Å². The first-order chi connectivity index (χ1) is 15.2. The minimum atomic E-state index is 0.192. The first kappa shape index (κ1) is 20.3. The fraction of sp³-hybridized carbons (Fsp3) is 0.0769. The number of aromatic hydroxyl groups is 2. The molecule has 0 aromatic heterocycles. The second-order valence-electron chi connectivity index (χ2n) is 6.90. The van der Waals surface area contributed by atoms with Gasteiger partial charge in [0, 0.05) is 11.1 Å². The highest BCUT2D eigenvalue weighted by Crippen LogP contribution is 2.29. The number of phenolic OH excluding ortho intramolecular Hbond substituents is 2. The Morgan fingerprint density at radius 2 is 0.871 bits per heavy atom. The van der Waals surface area contributed by atoms with Gasteiger partial charge < -0.3 is 24.4 Å². The lowest BCUT2D eigenvalue weighted by molar-refractivity contribution is 0.104. The molecule has 5 heteroatoms. The number of ether oxygens (including phenoxy) is 3. The van der Waals surface area contributed by atoms with Crippen molar-refractivity contribution in [3.05, 3.63) is 108 Å². The van der Waals surface area contributed by atoms with Gasteiger partial charge in [-0.25, -0.2) is 0 Å². The molecule has 4 aromatic carbocycles. The predicted octanol–water partition coefficient (Wildman–Crippen LogP) is 6.40. The van der Waals surface area contributed by atoms with Crippen molar-refractivity contribution in [2.45, 2.75) is 13.2 Å². The lowest BCUT2D eigenvalue weighted by Crippen LogP contribution is -1.99. The number of para-hydroxylation sites is 2. The molecular formula is C26H22O5. The molecule has 156 valence electrons. The Hall–Kier alpha value is -3.96. The van der Waals surface area contributed by atoms with E-state index in [0.29, 0.717) is 36.2 Å². The van der Waals surface area contributed by atoms with Gasteiger partial charge in [-0.3, -0.25) is 0 Å². The summed E-state index contributed by atoms with van der Waals surface area (Å²) in [7, 11) is 0. The maximum absolute atomic E-state index is 9.43. The zero-order valence-electron chi connectivity index (χ0n) is 16.8. The SMILES string of the molecule is Oc1ccc(Oc2ccccc2COCc2ccccc2Oc2ccc(O)cc2)cc1. The average molecular weight is 414 g/mol. The van der Waals surface area contributed by atoms with Gasteiger partial charge in [0.1, 0.15) is 34.5 Å². The molecule has 0 spiro atoms. The summed E-state index contributed by atoms with van der Waals surface area (Å²) in [4.78, 5) is 0. The molecule has 4 rings (SSSR count). The third-order valence-electron chi connectivity index (χ3n) is 4.59. The number of benzene rings is 4. The summed E-state index contributed by atoms with van der Waals surface area (Å²) in [6.45, 7) is 0.726. The molecule has 0 aliphatic heterocycles. The van der Waals surface area contributed by atoms with Crippen molar-refractivity contribution in [1.29, 1.82) is 0 Å². The van der Waals surface area contributed by atoms with Crippen molar-refractivity contribution < 1.29 is 24.4 Å². The number of hydrogen-bond donors (Lipinski definition) is 2. The van der Waals surface area contributed by atoms with Crippen LogP contribution in [0, 0.1) is 0 Å². The Balaban J connectivity index is 1.41. The van der Waals surface area contributed by atoms with Gasteiger partial charge in [0.15, 0.2) is 0 Å². The van der Waals surface area contributed by atoms with E-state index < -0.39 is 0 Å². The minimum absolute atomic E-state index is 0.192. The molecule has 0 saturated carbocycles. The van der Waals surface area contributed by atoms with Gasteiger partial charge in [-0.15, -0.1) is 0 Å². The summed E-state index contributed by atoms with van der Waals surface area (Å²) in [6, 6.07) is 28.5. The van der Waals surface area contributed by atoms with Crippen molar-refractivity contribution >= 4 is 0 Å². The fourth-order valence-electron chi connectivity index (χ4n) is 3.00. The zero-order valence-corrected chi connectivity index (χ0v) is 16.8. The summed E-state index contributed by atoms with van der Waals surface area (Å²) < 4.78 is 17.8. The predicted molar refractivity (Wildman–Crippen MR) is 118 cm³/mol. The normalized spacial score (nSPS) is 10.6. The minimum Gasteiger partial charge on any atom is -0.508 e. The Kier molecular flexibility index (Phi) is 6.35. The van der Waals surface area contributed by atoms with Crippen molar-refractivity contribution in [2.75, 3.05) is 0 Å². The van der Waals surface area contributed by atoms with E-state index in [1.165, 1.54) is 0 Å². The molecule has 4 aromatic rings. The Morgan fingerprint density at radius 1 is 0.484 bits per heavy atom. The standard InChI is InChI=1S/C26H22O5/c27-21-9-13-23(14-10-21)30-25-7-3-1-5-19(25)17-29-18-20-6-2-4-8-26(20)31-24-15-11-22(28)12-16-24/h1-16,27-28H,17-18H2. The topological polar surface area (TPSA) is 68.2 Å². The molecule has 31 heavy (non-hydrogen) atoms. The van der Waals surface area contributed by atoms with Crippen LogP contribution in [0.4, 0.5) is 0 Å². The van der Waals surface area contributed by atoms with E-state index in [-0.39, 0.29) is 11.5 Å². The van der Waals surface area contributed by atoms with Crippen LogP contribution in [0.3, 0.4) is 0 Å². The van der Waals surface area contributed by atoms with Crippen molar-refractivity contribution in [3.8, 4) is 34.5 Å². The van der Waals surface area contributed by atoms with E-state index in [1.54, 1.807) is 48.5 Å². The van der Waals surface area contributed by atoms with E-state index in [9.17, 15) is 10.2 Å². The van der Waals surface area contributed by atoms with E-state index in [0.717, 1.165) is 11.1 Å². The Labute approximate surface area is 180 Å². The van der Waals surface area contributed by atoms with Gasteiger partial charge in [-0.2, -0.15) is 0 Å². The van der Waals surface area contributed by atoms with E-state index in [1.807, 2.05) is 48.5 Å². The first-order valence-electron chi connectivity index (χ1n) is 9.85. The number of phenols is 2. The van der Waals surface area contributed by atoms with Gasteiger partial charge in [0.05, 0.1) is 13.2 Å². The molecule has 0 saturated heterocycles. The van der Waals surface area contributed by atoms with Gasteiger partial charge in [-0.1, -0.05) is 36.4 Å². The second-order valence-corrected chi connectivity index (χ2v) is 6.90. The molecule has 0 fully saturated rings. The average Bonchev–Trinajstić information content (AvgIpc) is 2.79. The third kappa shape index (κ3) is 5.56. The summed E-state index contributed by atoms with van der Waals surface area (Å²) >= 11 is 0. The monoisotopic (exact) mass is 414 g/mol. The zero-order chi connectivity index (χ0) is 21.5. The summed E-state index contributed by atoms with van der Waals surface area (Å²) in [6.07, 6.45) is 0. The first-order valence-corrected chi connectivity index (χ1v) is 9.85. The molecule has 2 N–H and O–H groups in total. The molecule has 0 atom stereocenters. The fourth-order valence-corrected chi connectivity index (χ4v) is 3.00. The number of hydrogen-bond acceptors (Lipinski definition) is 5. The van der Waals surface area contributed by atoms with Crippen LogP contribution in [0.25, 0.3) is 0 Å². The third-order valence-corrected chi connectivity index (χ3v) is 4.59. The molecule has 0 radical (unpaired) electrons. The molecule has 0 aliphatic rings. The van der Waals surface area contributed by atoms with E-state index in [4.69, 9.17) is 14.2 Å². The van der Waals surface area contributed by atoms with Crippen molar-refractivity contribution in [3.63, 3.8) is 0 Å². The van der Waals surface area contributed by atoms with Crippen LogP contribution in [0.15, 0.2) is 97.1 Å². The molecule has 0 amide bonds. The summed E-state index contributed by atoms with van der Waals surface area (Å²) in [5.74, 6) is 3.05. The highest BCUT2D eigenvalue weighted by atomic mass is 16.5. The lowest BCUT2D eigenvalue weighted by atomic mass is 10.2. The largest absolute Gasteiger partial charge is 0.508 e. The van der Waals surface area contributed by atoms with E-state index in [2.05, 4.69) is 0 Å². The van der Waals surface area contributed by atoms with Crippen LogP contribution >= 0.6 is 0 Å². The van der Waals surface area contributed by atoms with Crippen LogP contribution < -0.4 is 9.47 Å². The second kappa shape index (κ2) is 9.69. The van der Waals surface area contributed by atoms with Crippen LogP contribution in [-0.4, -0.2) is 10.2 Å². The Morgan fingerprint density at radius 3 is 1.29 bits per heavy atom. The van der Waals surface area contributed by atoms with Crippen LogP contribution in [0.5, 0.6) is 34.5 Å². The highest BCUT2D eigenvalue weighted by molar-refractivity contribution is 5.40. The summed E-state index contributed by atoms with van der Waals surface area (Å²) in [5.41, 5.74) is 1.82. The van der Waals surface area contributed by atoms with E-state index >= 15 is 0 Å². The Bertz CT molecular complexity index is 1030. The maximum Gasteiger partial charge on any atom is 0.132 e. The van der Waals surface area contributed by atoms with Gasteiger partial charge in [-0.05, 0) is 60.7 Å². The van der Waals surface area contributed by atoms with Crippen LogP contribution in [-0.2, 0) is 18.0 Å². The smallest absolute Gasteiger partial charge is 0.132 e. The van der Waals surface area contributed by atoms with Gasteiger partial charge in [0.25, 0.3) is 0 Å². The number of rotatable bonds is 8. The van der Waals surface area contributed by atoms with Crippen molar-refractivity contribution in [1.82, 2.24) is 0 Å². The van der Waals surface area contributed by atoms with Gasteiger partial charge in [0.2, 0.25) is 0 Å².